The lowest BCUT2D eigenvalue weighted by Crippen LogP contribution is -2.54. The van der Waals surface area contributed by atoms with Crippen LogP contribution in [0.15, 0.2) is 42.5 Å². The summed E-state index contributed by atoms with van der Waals surface area (Å²) in [6, 6.07) is 11.1. The second-order valence-corrected chi connectivity index (χ2v) is 9.05. The predicted octanol–water partition coefficient (Wildman–Crippen LogP) is 4.01. The molecule has 1 atom stereocenters. The average molecular weight is 472 g/mol. The molecule has 0 unspecified atom stereocenters. The van der Waals surface area contributed by atoms with E-state index in [-0.39, 0.29) is 42.2 Å². The van der Waals surface area contributed by atoms with Gasteiger partial charge in [0.05, 0.1) is 12.0 Å². The number of rotatable bonds is 10. The summed E-state index contributed by atoms with van der Waals surface area (Å²) in [5.41, 5.74) is 1.33. The summed E-state index contributed by atoms with van der Waals surface area (Å²) >= 11 is 0. The van der Waals surface area contributed by atoms with Crippen molar-refractivity contribution in [3.8, 4) is 11.5 Å². The minimum Gasteiger partial charge on any atom is -0.490 e. The normalized spacial score (nSPS) is 11.9. The topological polar surface area (TPSA) is 111 Å². The molecule has 2 rings (SSSR count). The van der Waals surface area contributed by atoms with Gasteiger partial charge in [0.1, 0.15) is 11.8 Å². The molecule has 34 heavy (non-hydrogen) atoms. The first-order valence-electron chi connectivity index (χ1n) is 11.1. The van der Waals surface area contributed by atoms with Crippen molar-refractivity contribution in [1.29, 1.82) is 0 Å². The summed E-state index contributed by atoms with van der Waals surface area (Å²) in [4.78, 5) is 38.3. The first-order chi connectivity index (χ1) is 15.9. The Morgan fingerprint density at radius 3 is 2.32 bits per heavy atom. The SMILES string of the molecule is CC[C@H](C(=O)NC(C)(C)C)N(Cc1ccc(C)cc1)C(=O)COc1ccc([N+](=O)[O-])c(OC)c1. The number of aryl methyl sites for hydroxylation is 1. The van der Waals surface area contributed by atoms with Crippen LogP contribution >= 0.6 is 0 Å². The zero-order valence-electron chi connectivity index (χ0n) is 20.6. The minimum atomic E-state index is -0.692. The van der Waals surface area contributed by atoms with Crippen LogP contribution in [0.3, 0.4) is 0 Å². The Morgan fingerprint density at radius 2 is 1.79 bits per heavy atom. The third kappa shape index (κ3) is 7.47. The Bertz CT molecular complexity index is 1010. The van der Waals surface area contributed by atoms with Crippen LogP contribution in [0, 0.1) is 17.0 Å². The molecule has 0 aliphatic rings. The molecular formula is C25H33N3O6. The van der Waals surface area contributed by atoms with Crippen LogP contribution < -0.4 is 14.8 Å². The van der Waals surface area contributed by atoms with Crippen molar-refractivity contribution in [3.05, 3.63) is 63.7 Å². The molecule has 2 amide bonds. The van der Waals surface area contributed by atoms with E-state index in [9.17, 15) is 19.7 Å². The number of nitrogens with zero attached hydrogens (tertiary/aromatic N) is 2. The van der Waals surface area contributed by atoms with E-state index in [4.69, 9.17) is 9.47 Å². The lowest BCUT2D eigenvalue weighted by Gasteiger charge is -2.33. The highest BCUT2D eigenvalue weighted by Gasteiger charge is 2.31. The van der Waals surface area contributed by atoms with Crippen LogP contribution in [-0.2, 0) is 16.1 Å². The van der Waals surface area contributed by atoms with E-state index in [1.165, 1.54) is 30.2 Å². The maximum Gasteiger partial charge on any atom is 0.311 e. The summed E-state index contributed by atoms with van der Waals surface area (Å²) in [5, 5.41) is 14.1. The van der Waals surface area contributed by atoms with E-state index < -0.39 is 16.5 Å². The molecule has 184 valence electrons. The highest BCUT2D eigenvalue weighted by atomic mass is 16.6. The van der Waals surface area contributed by atoms with Crippen LogP contribution in [0.1, 0.15) is 45.2 Å². The Kier molecular flexibility index (Phi) is 9.00. The molecule has 9 heteroatoms. The van der Waals surface area contributed by atoms with Gasteiger partial charge in [-0.15, -0.1) is 0 Å². The predicted molar refractivity (Wildman–Crippen MR) is 129 cm³/mol. The third-order valence-corrected chi connectivity index (χ3v) is 5.07. The Balaban J connectivity index is 2.26. The lowest BCUT2D eigenvalue weighted by molar-refractivity contribution is -0.385. The molecule has 0 aliphatic heterocycles. The van der Waals surface area contributed by atoms with Gasteiger partial charge in [-0.1, -0.05) is 36.8 Å². The monoisotopic (exact) mass is 471 g/mol. The summed E-state index contributed by atoms with van der Waals surface area (Å²) in [5.74, 6) is -0.345. The number of nitro benzene ring substituents is 1. The number of hydrogen-bond donors (Lipinski definition) is 1. The molecular weight excluding hydrogens is 438 g/mol. The van der Waals surface area contributed by atoms with Gasteiger partial charge >= 0.3 is 5.69 Å². The third-order valence-electron chi connectivity index (χ3n) is 5.07. The molecule has 0 aliphatic carbocycles. The summed E-state index contributed by atoms with van der Waals surface area (Å²) < 4.78 is 10.7. The molecule has 2 aromatic carbocycles. The van der Waals surface area contributed by atoms with Gasteiger partial charge in [0.15, 0.2) is 6.61 Å². The van der Waals surface area contributed by atoms with Crippen molar-refractivity contribution in [3.63, 3.8) is 0 Å². The lowest BCUT2D eigenvalue weighted by atomic mass is 10.1. The molecule has 0 aromatic heterocycles. The van der Waals surface area contributed by atoms with E-state index in [0.717, 1.165) is 11.1 Å². The van der Waals surface area contributed by atoms with Crippen molar-refractivity contribution in [2.45, 2.75) is 59.2 Å². The zero-order valence-corrected chi connectivity index (χ0v) is 20.6. The summed E-state index contributed by atoms with van der Waals surface area (Å²) in [6.45, 7) is 9.38. The Morgan fingerprint density at radius 1 is 1.15 bits per heavy atom. The van der Waals surface area contributed by atoms with Gasteiger partial charge in [0, 0.05) is 24.2 Å². The van der Waals surface area contributed by atoms with Crippen molar-refractivity contribution in [1.82, 2.24) is 10.2 Å². The van der Waals surface area contributed by atoms with E-state index in [1.54, 1.807) is 0 Å². The van der Waals surface area contributed by atoms with Gasteiger partial charge in [-0.05, 0) is 45.7 Å². The number of ether oxygens (including phenoxy) is 2. The maximum atomic E-state index is 13.3. The van der Waals surface area contributed by atoms with Crippen molar-refractivity contribution in [2.75, 3.05) is 13.7 Å². The van der Waals surface area contributed by atoms with E-state index in [1.807, 2.05) is 58.9 Å². The van der Waals surface area contributed by atoms with Gasteiger partial charge < -0.3 is 19.7 Å². The molecule has 0 spiro atoms. The minimum absolute atomic E-state index is 0.0300. The molecule has 0 saturated heterocycles. The van der Waals surface area contributed by atoms with Crippen LogP contribution in [-0.4, -0.2) is 46.9 Å². The van der Waals surface area contributed by atoms with Crippen LogP contribution in [0.5, 0.6) is 11.5 Å². The highest BCUT2D eigenvalue weighted by molar-refractivity contribution is 5.88. The van der Waals surface area contributed by atoms with Crippen LogP contribution in [0.25, 0.3) is 0 Å². The number of carbonyl (C=O) groups is 2. The van der Waals surface area contributed by atoms with Crippen molar-refractivity contribution < 1.29 is 24.0 Å². The Labute approximate surface area is 200 Å². The number of methoxy groups -OCH3 is 1. The number of nitrogens with one attached hydrogen (secondary N) is 1. The van der Waals surface area contributed by atoms with E-state index in [2.05, 4.69) is 5.32 Å². The molecule has 2 aromatic rings. The van der Waals surface area contributed by atoms with Gasteiger partial charge in [0.25, 0.3) is 5.91 Å². The number of carbonyl (C=O) groups excluding carboxylic acids is 2. The molecule has 1 N–H and O–H groups in total. The molecule has 0 fully saturated rings. The number of amides is 2. The Hall–Kier alpha value is -3.62. The quantitative estimate of drug-likeness (QED) is 0.414. The maximum absolute atomic E-state index is 13.3. The zero-order chi connectivity index (χ0) is 25.5. The molecule has 0 saturated carbocycles. The highest BCUT2D eigenvalue weighted by Crippen LogP contribution is 2.30. The van der Waals surface area contributed by atoms with Crippen LogP contribution in [0.2, 0.25) is 0 Å². The van der Waals surface area contributed by atoms with Gasteiger partial charge in [0.2, 0.25) is 11.7 Å². The van der Waals surface area contributed by atoms with Crippen LogP contribution in [0.4, 0.5) is 5.69 Å². The van der Waals surface area contributed by atoms with Crippen molar-refractivity contribution >= 4 is 17.5 Å². The summed E-state index contributed by atoms with van der Waals surface area (Å²) in [7, 11) is 1.32. The van der Waals surface area contributed by atoms with Gasteiger partial charge in [-0.3, -0.25) is 19.7 Å². The second-order valence-electron chi connectivity index (χ2n) is 9.05. The fourth-order valence-electron chi connectivity index (χ4n) is 3.39. The molecule has 0 bridgehead atoms. The van der Waals surface area contributed by atoms with Gasteiger partial charge in [-0.25, -0.2) is 0 Å². The second kappa shape index (κ2) is 11.5. The molecule has 0 radical (unpaired) electrons. The number of benzene rings is 2. The summed E-state index contributed by atoms with van der Waals surface area (Å²) in [6.07, 6.45) is 0.421. The van der Waals surface area contributed by atoms with E-state index >= 15 is 0 Å². The van der Waals surface area contributed by atoms with Crippen molar-refractivity contribution in [2.24, 2.45) is 0 Å². The largest absolute Gasteiger partial charge is 0.490 e. The average Bonchev–Trinajstić information content (AvgIpc) is 2.77. The fraction of sp³-hybridized carbons (Fsp3) is 0.440. The first-order valence-corrected chi connectivity index (χ1v) is 11.1. The fourth-order valence-corrected chi connectivity index (χ4v) is 3.39. The number of nitro groups is 1. The standard InChI is InChI=1S/C25H33N3O6/c1-7-20(24(30)26-25(3,4)5)27(15-18-10-8-17(2)9-11-18)23(29)16-34-19-12-13-21(28(31)32)22(14-19)33-6/h8-14,20H,7,15-16H2,1-6H3,(H,26,30)/t20-/m1/s1. The van der Waals surface area contributed by atoms with Gasteiger partial charge in [-0.2, -0.15) is 0 Å². The molecule has 9 nitrogen and oxygen atoms in total. The first kappa shape index (κ1) is 26.6. The van der Waals surface area contributed by atoms with E-state index in [0.29, 0.717) is 6.42 Å². The molecule has 0 heterocycles. The number of hydrogen-bond acceptors (Lipinski definition) is 6. The smallest absolute Gasteiger partial charge is 0.311 e.